The molecule has 0 bridgehead atoms. The first-order valence-corrected chi connectivity index (χ1v) is 7.07. The molecule has 1 fully saturated rings. The van der Waals surface area contributed by atoms with Gasteiger partial charge in [0.1, 0.15) is 0 Å². The highest BCUT2D eigenvalue weighted by atomic mass is 16.4. The van der Waals surface area contributed by atoms with E-state index in [0.29, 0.717) is 19.4 Å². The molecule has 0 radical (unpaired) electrons. The van der Waals surface area contributed by atoms with E-state index in [-0.39, 0.29) is 29.3 Å². The van der Waals surface area contributed by atoms with Crippen molar-refractivity contribution in [2.24, 2.45) is 17.3 Å². The molecule has 5 nitrogen and oxygen atoms in total. The molecule has 3 N–H and O–H groups in total. The molecule has 3 unspecified atom stereocenters. The second kappa shape index (κ2) is 6.29. The van der Waals surface area contributed by atoms with Gasteiger partial charge in [0.2, 0.25) is 0 Å². The molecule has 2 amide bonds. The van der Waals surface area contributed by atoms with Crippen molar-refractivity contribution in [3.63, 3.8) is 0 Å². The Bertz CT molecular complexity index is 404. The summed E-state index contributed by atoms with van der Waals surface area (Å²) in [6.45, 7) is 12.0. The first kappa shape index (κ1) is 16.5. The number of nitrogens with one attached hydrogen (secondary N) is 2. The van der Waals surface area contributed by atoms with E-state index < -0.39 is 5.97 Å². The molecule has 5 heteroatoms. The quantitative estimate of drug-likeness (QED) is 0.693. The predicted octanol–water partition coefficient (Wildman–Crippen LogP) is 2.39. The van der Waals surface area contributed by atoms with Crippen molar-refractivity contribution >= 4 is 12.0 Å². The van der Waals surface area contributed by atoms with Crippen LogP contribution in [0.5, 0.6) is 0 Å². The Balaban J connectivity index is 2.64. The number of aliphatic carboxylic acids is 1. The molecular weight excluding hydrogens is 256 g/mol. The monoisotopic (exact) mass is 282 g/mol. The highest BCUT2D eigenvalue weighted by Gasteiger charge is 2.46. The highest BCUT2D eigenvalue weighted by Crippen LogP contribution is 2.44. The van der Waals surface area contributed by atoms with Crippen LogP contribution in [-0.2, 0) is 4.79 Å². The molecule has 1 saturated carbocycles. The van der Waals surface area contributed by atoms with Gasteiger partial charge in [-0.2, -0.15) is 0 Å². The smallest absolute Gasteiger partial charge is 0.315 e. The summed E-state index contributed by atoms with van der Waals surface area (Å²) >= 11 is 0. The minimum absolute atomic E-state index is 0.00530. The first-order valence-electron chi connectivity index (χ1n) is 7.07. The summed E-state index contributed by atoms with van der Waals surface area (Å²) in [5.41, 5.74) is 0.555. The van der Waals surface area contributed by atoms with E-state index in [0.717, 1.165) is 5.57 Å². The van der Waals surface area contributed by atoms with Crippen LogP contribution < -0.4 is 10.6 Å². The van der Waals surface area contributed by atoms with Gasteiger partial charge in [0, 0.05) is 12.6 Å². The number of urea groups is 1. The van der Waals surface area contributed by atoms with Crippen LogP contribution in [0.25, 0.3) is 0 Å². The third-order valence-corrected chi connectivity index (χ3v) is 4.61. The lowest BCUT2D eigenvalue weighted by molar-refractivity contribution is -0.150. The van der Waals surface area contributed by atoms with E-state index >= 15 is 0 Å². The van der Waals surface area contributed by atoms with Crippen molar-refractivity contribution in [3.8, 4) is 0 Å². The van der Waals surface area contributed by atoms with Gasteiger partial charge in [0.25, 0.3) is 0 Å². The van der Waals surface area contributed by atoms with E-state index in [4.69, 9.17) is 0 Å². The molecule has 0 spiro atoms. The highest BCUT2D eigenvalue weighted by molar-refractivity contribution is 5.75. The SMILES string of the molecule is C=C(C)CNC(=O)NC1CCC(C(=O)O)C(C)(C)C1C. The molecule has 0 heterocycles. The lowest BCUT2D eigenvalue weighted by Crippen LogP contribution is -2.54. The molecule has 1 aliphatic rings. The maximum Gasteiger partial charge on any atom is 0.315 e. The topological polar surface area (TPSA) is 78.4 Å². The van der Waals surface area contributed by atoms with Crippen LogP contribution in [0.2, 0.25) is 0 Å². The van der Waals surface area contributed by atoms with Crippen LogP contribution in [0.3, 0.4) is 0 Å². The van der Waals surface area contributed by atoms with Crippen molar-refractivity contribution in [3.05, 3.63) is 12.2 Å². The fraction of sp³-hybridized carbons (Fsp3) is 0.733. The van der Waals surface area contributed by atoms with Crippen molar-refractivity contribution in [1.29, 1.82) is 0 Å². The van der Waals surface area contributed by atoms with Crippen LogP contribution in [0, 0.1) is 17.3 Å². The number of carbonyl (C=O) groups excluding carboxylic acids is 1. The molecule has 0 aromatic rings. The van der Waals surface area contributed by atoms with E-state index in [2.05, 4.69) is 17.2 Å². The summed E-state index contributed by atoms with van der Waals surface area (Å²) in [4.78, 5) is 23.1. The zero-order valence-electron chi connectivity index (χ0n) is 12.8. The number of carboxylic acid groups (broad SMARTS) is 1. The zero-order chi connectivity index (χ0) is 15.5. The van der Waals surface area contributed by atoms with Crippen molar-refractivity contribution in [1.82, 2.24) is 10.6 Å². The minimum atomic E-state index is -0.743. The second-order valence-corrected chi connectivity index (χ2v) is 6.47. The van der Waals surface area contributed by atoms with E-state index in [1.807, 2.05) is 27.7 Å². The van der Waals surface area contributed by atoms with Crippen molar-refractivity contribution < 1.29 is 14.7 Å². The fourth-order valence-electron chi connectivity index (χ4n) is 2.89. The lowest BCUT2D eigenvalue weighted by Gasteiger charge is -2.46. The summed E-state index contributed by atoms with van der Waals surface area (Å²) in [7, 11) is 0. The number of rotatable bonds is 4. The average Bonchev–Trinajstić information content (AvgIpc) is 2.32. The van der Waals surface area contributed by atoms with Crippen LogP contribution in [0.1, 0.15) is 40.5 Å². The summed E-state index contributed by atoms with van der Waals surface area (Å²) in [6.07, 6.45) is 1.29. The molecular formula is C15H26N2O3. The van der Waals surface area contributed by atoms with Gasteiger partial charge in [0.15, 0.2) is 0 Å². The van der Waals surface area contributed by atoms with Crippen LogP contribution in [0.15, 0.2) is 12.2 Å². The van der Waals surface area contributed by atoms with Crippen LogP contribution >= 0.6 is 0 Å². The van der Waals surface area contributed by atoms with Crippen molar-refractivity contribution in [2.45, 2.75) is 46.6 Å². The Morgan fingerprint density at radius 1 is 1.35 bits per heavy atom. The summed E-state index contributed by atoms with van der Waals surface area (Å²) < 4.78 is 0. The Labute approximate surface area is 120 Å². The Kier molecular flexibility index (Phi) is 5.20. The Morgan fingerprint density at radius 3 is 2.45 bits per heavy atom. The summed E-state index contributed by atoms with van der Waals surface area (Å²) in [5.74, 6) is -0.992. The molecule has 0 aromatic carbocycles. The molecule has 114 valence electrons. The second-order valence-electron chi connectivity index (χ2n) is 6.47. The van der Waals surface area contributed by atoms with Gasteiger partial charge in [-0.1, -0.05) is 32.9 Å². The first-order chi connectivity index (χ1) is 9.16. The van der Waals surface area contributed by atoms with Crippen molar-refractivity contribution in [2.75, 3.05) is 6.54 Å². The average molecular weight is 282 g/mol. The molecule has 3 atom stereocenters. The summed E-state index contributed by atoms with van der Waals surface area (Å²) in [5, 5.41) is 15.0. The molecule has 0 saturated heterocycles. The van der Waals surface area contributed by atoms with Crippen LogP contribution in [0.4, 0.5) is 4.79 Å². The van der Waals surface area contributed by atoms with Gasteiger partial charge in [-0.25, -0.2) is 4.79 Å². The van der Waals surface area contributed by atoms with Gasteiger partial charge < -0.3 is 15.7 Å². The standard InChI is InChI=1S/C15H26N2O3/c1-9(2)8-16-14(20)17-12-7-6-11(13(18)19)15(4,5)10(12)3/h10-12H,1,6-8H2,2-5H3,(H,18,19)(H2,16,17,20). The maximum absolute atomic E-state index is 11.8. The predicted molar refractivity (Wildman–Crippen MR) is 78.4 cm³/mol. The third-order valence-electron chi connectivity index (χ3n) is 4.61. The van der Waals surface area contributed by atoms with E-state index in [1.54, 1.807) is 0 Å². The van der Waals surface area contributed by atoms with E-state index in [9.17, 15) is 14.7 Å². The number of carbonyl (C=O) groups is 2. The van der Waals surface area contributed by atoms with Gasteiger partial charge in [-0.3, -0.25) is 4.79 Å². The maximum atomic E-state index is 11.8. The fourth-order valence-corrected chi connectivity index (χ4v) is 2.89. The molecule has 1 aliphatic carbocycles. The van der Waals surface area contributed by atoms with Gasteiger partial charge in [0.05, 0.1) is 5.92 Å². The molecule has 0 aliphatic heterocycles. The van der Waals surface area contributed by atoms with Gasteiger partial charge >= 0.3 is 12.0 Å². The molecule has 20 heavy (non-hydrogen) atoms. The largest absolute Gasteiger partial charge is 0.481 e. The number of carboxylic acids is 1. The van der Waals surface area contributed by atoms with Gasteiger partial charge in [-0.05, 0) is 31.1 Å². The number of amides is 2. The van der Waals surface area contributed by atoms with Gasteiger partial charge in [-0.15, -0.1) is 0 Å². The summed E-state index contributed by atoms with van der Waals surface area (Å²) in [6, 6.07) is -0.208. The van der Waals surface area contributed by atoms with Crippen LogP contribution in [-0.4, -0.2) is 29.7 Å². The lowest BCUT2D eigenvalue weighted by atomic mass is 9.61. The number of hydrogen-bond acceptors (Lipinski definition) is 2. The van der Waals surface area contributed by atoms with E-state index in [1.165, 1.54) is 0 Å². The normalized spacial score (nSPS) is 28.5. The Morgan fingerprint density at radius 2 is 1.95 bits per heavy atom. The molecule has 0 aromatic heterocycles. The number of hydrogen-bond donors (Lipinski definition) is 3. The molecule has 1 rings (SSSR count). The third kappa shape index (κ3) is 3.74. The zero-order valence-corrected chi connectivity index (χ0v) is 12.8. The minimum Gasteiger partial charge on any atom is -0.481 e. The Hall–Kier alpha value is -1.52.